The van der Waals surface area contributed by atoms with Crippen LogP contribution in [0.3, 0.4) is 0 Å². The third kappa shape index (κ3) is 104. The maximum Gasteiger partial charge on any atom is 0.0612 e. The van der Waals surface area contributed by atoms with Crippen molar-refractivity contribution in [1.82, 2.24) is 4.90 Å². The SMILES string of the molecule is C1CC1.CC=CCO.CN(C)C.[Y]. The molecule has 0 aliphatic heterocycles. The number of aliphatic hydroxyl groups excluding tert-OH is 1. The molecule has 0 spiro atoms. The van der Waals surface area contributed by atoms with Crippen LogP contribution in [0.25, 0.3) is 0 Å². The van der Waals surface area contributed by atoms with Gasteiger partial charge in [0.1, 0.15) is 0 Å². The van der Waals surface area contributed by atoms with E-state index in [1.165, 1.54) is 19.3 Å². The summed E-state index contributed by atoms with van der Waals surface area (Å²) in [6, 6.07) is 0. The maximum absolute atomic E-state index is 7.98. The number of nitrogens with zero attached hydrogens (tertiary/aromatic N) is 1. The van der Waals surface area contributed by atoms with Crippen molar-refractivity contribution in [2.45, 2.75) is 26.2 Å². The number of allylic oxidation sites excluding steroid dienone is 1. The molecule has 3 heteroatoms. The van der Waals surface area contributed by atoms with Crippen LogP contribution in [0, 0.1) is 0 Å². The Kier molecular flexibility index (Phi) is 27.6. The van der Waals surface area contributed by atoms with E-state index in [1.807, 2.05) is 33.0 Å². The standard InChI is InChI=1S/C4H8O.C3H9N.C3H6.Y/c1-2-3-4-5;1-4(2)3;1-2-3-1;/h2-3,5H,4H2,1H3;1-3H3;1-3H2;. The van der Waals surface area contributed by atoms with Gasteiger partial charge in [0, 0.05) is 32.7 Å². The molecule has 13 heavy (non-hydrogen) atoms. The second kappa shape index (κ2) is 18.5. The molecule has 1 radical (unpaired) electrons. The van der Waals surface area contributed by atoms with Crippen LogP contribution in [0.2, 0.25) is 0 Å². The van der Waals surface area contributed by atoms with Crippen molar-refractivity contribution >= 4 is 0 Å². The van der Waals surface area contributed by atoms with Gasteiger partial charge in [-0.3, -0.25) is 0 Å². The Morgan fingerprint density at radius 1 is 1.15 bits per heavy atom. The van der Waals surface area contributed by atoms with E-state index in [2.05, 4.69) is 0 Å². The van der Waals surface area contributed by atoms with Gasteiger partial charge in [0.25, 0.3) is 0 Å². The third-order valence-electron chi connectivity index (χ3n) is 0.695. The molecule has 1 aliphatic rings. The Hall–Kier alpha value is 0.764. The molecule has 0 saturated heterocycles. The summed E-state index contributed by atoms with van der Waals surface area (Å²) in [4.78, 5) is 2.00. The van der Waals surface area contributed by atoms with Gasteiger partial charge >= 0.3 is 0 Å². The molecular weight excluding hydrogens is 239 g/mol. The normalized spacial score (nSPS) is 12.2. The van der Waals surface area contributed by atoms with Crippen LogP contribution in [0.5, 0.6) is 0 Å². The van der Waals surface area contributed by atoms with Crippen molar-refractivity contribution in [3.63, 3.8) is 0 Å². The van der Waals surface area contributed by atoms with E-state index in [1.54, 1.807) is 12.2 Å². The summed E-state index contributed by atoms with van der Waals surface area (Å²) in [5.74, 6) is 0. The molecule has 0 amide bonds. The van der Waals surface area contributed by atoms with Crippen molar-refractivity contribution in [2.75, 3.05) is 27.7 Å². The fourth-order valence-corrected chi connectivity index (χ4v) is 0.105. The van der Waals surface area contributed by atoms with Crippen LogP contribution >= 0.6 is 0 Å². The molecule has 0 unspecified atom stereocenters. The van der Waals surface area contributed by atoms with Crippen LogP contribution in [-0.4, -0.2) is 37.8 Å². The fourth-order valence-electron chi connectivity index (χ4n) is 0.105. The Labute approximate surface area is 108 Å². The summed E-state index contributed by atoms with van der Waals surface area (Å²) < 4.78 is 0. The van der Waals surface area contributed by atoms with Gasteiger partial charge in [-0.15, -0.1) is 0 Å². The Bertz CT molecular complexity index is 87.4. The first-order valence-electron chi connectivity index (χ1n) is 4.48. The summed E-state index contributed by atoms with van der Waals surface area (Å²) in [6.07, 6.45) is 7.99. The van der Waals surface area contributed by atoms with E-state index < -0.39 is 0 Å². The van der Waals surface area contributed by atoms with E-state index in [4.69, 9.17) is 5.11 Å². The number of rotatable bonds is 1. The van der Waals surface area contributed by atoms with Crippen molar-refractivity contribution in [3.05, 3.63) is 12.2 Å². The van der Waals surface area contributed by atoms with Crippen LogP contribution in [0.15, 0.2) is 12.2 Å². The summed E-state index contributed by atoms with van der Waals surface area (Å²) in [5, 5.41) is 7.98. The zero-order valence-corrected chi connectivity index (χ0v) is 12.3. The molecule has 0 atom stereocenters. The minimum Gasteiger partial charge on any atom is -0.392 e. The topological polar surface area (TPSA) is 23.5 Å². The van der Waals surface area contributed by atoms with Crippen molar-refractivity contribution in [3.8, 4) is 0 Å². The number of aliphatic hydroxyl groups is 1. The third-order valence-corrected chi connectivity index (χ3v) is 0.695. The van der Waals surface area contributed by atoms with Gasteiger partial charge in [-0.2, -0.15) is 0 Å². The number of hydrogen-bond donors (Lipinski definition) is 1. The first-order valence-corrected chi connectivity index (χ1v) is 4.48. The van der Waals surface area contributed by atoms with Gasteiger partial charge in [-0.1, -0.05) is 31.4 Å². The summed E-state index contributed by atoms with van der Waals surface area (Å²) >= 11 is 0. The summed E-state index contributed by atoms with van der Waals surface area (Å²) in [6.45, 7) is 2.03. The molecule has 1 rings (SSSR count). The molecule has 2 nitrogen and oxygen atoms in total. The Balaban J connectivity index is -0.000000113. The van der Waals surface area contributed by atoms with Gasteiger partial charge in [-0.25, -0.2) is 0 Å². The summed E-state index contributed by atoms with van der Waals surface area (Å²) in [7, 11) is 6.00. The molecule has 0 bridgehead atoms. The van der Waals surface area contributed by atoms with Crippen LogP contribution in [-0.2, 0) is 32.7 Å². The Morgan fingerprint density at radius 2 is 1.46 bits per heavy atom. The zero-order valence-electron chi connectivity index (χ0n) is 9.45. The van der Waals surface area contributed by atoms with E-state index in [9.17, 15) is 0 Å². The van der Waals surface area contributed by atoms with E-state index >= 15 is 0 Å². The second-order valence-electron chi connectivity index (χ2n) is 3.15. The predicted octanol–water partition coefficient (Wildman–Crippen LogP) is 1.90. The van der Waals surface area contributed by atoms with Crippen molar-refractivity contribution < 1.29 is 37.8 Å². The molecule has 0 aromatic heterocycles. The average Bonchev–Trinajstić information content (AvgIpc) is 2.71. The smallest absolute Gasteiger partial charge is 0.0612 e. The minimum atomic E-state index is 0. The minimum absolute atomic E-state index is 0. The first-order chi connectivity index (χ1) is 5.65. The molecule has 1 saturated carbocycles. The van der Waals surface area contributed by atoms with Gasteiger partial charge in [-0.05, 0) is 28.1 Å². The van der Waals surface area contributed by atoms with Crippen LogP contribution < -0.4 is 0 Å². The Morgan fingerprint density at radius 3 is 1.46 bits per heavy atom. The van der Waals surface area contributed by atoms with Gasteiger partial charge in [0.15, 0.2) is 0 Å². The fraction of sp³-hybridized carbons (Fsp3) is 0.800. The molecule has 0 heterocycles. The van der Waals surface area contributed by atoms with Gasteiger partial charge < -0.3 is 10.0 Å². The van der Waals surface area contributed by atoms with E-state index in [0.29, 0.717) is 0 Å². The predicted molar refractivity (Wildman–Crippen MR) is 55.4 cm³/mol. The van der Waals surface area contributed by atoms with Gasteiger partial charge in [0.2, 0.25) is 0 Å². The zero-order chi connectivity index (χ0) is 9.82. The maximum atomic E-state index is 7.98. The van der Waals surface area contributed by atoms with Crippen LogP contribution in [0.1, 0.15) is 26.2 Å². The average molecular weight is 262 g/mol. The number of hydrogen-bond acceptors (Lipinski definition) is 2. The van der Waals surface area contributed by atoms with Crippen molar-refractivity contribution in [1.29, 1.82) is 0 Å². The molecular formula is C10H23NOY. The molecule has 1 N–H and O–H groups in total. The molecule has 0 aromatic rings. The van der Waals surface area contributed by atoms with E-state index in [-0.39, 0.29) is 39.3 Å². The molecule has 1 aliphatic carbocycles. The summed E-state index contributed by atoms with van der Waals surface area (Å²) in [5.41, 5.74) is 0. The molecule has 77 valence electrons. The first kappa shape index (κ1) is 19.4. The molecule has 1 fully saturated rings. The molecule has 0 aromatic carbocycles. The van der Waals surface area contributed by atoms with E-state index in [0.717, 1.165) is 0 Å². The van der Waals surface area contributed by atoms with Crippen LogP contribution in [0.4, 0.5) is 0 Å². The van der Waals surface area contributed by atoms with Crippen molar-refractivity contribution in [2.24, 2.45) is 0 Å². The largest absolute Gasteiger partial charge is 0.392 e. The second-order valence-corrected chi connectivity index (χ2v) is 3.15. The monoisotopic (exact) mass is 262 g/mol. The van der Waals surface area contributed by atoms with Gasteiger partial charge in [0.05, 0.1) is 6.61 Å². The quantitative estimate of drug-likeness (QED) is 0.730.